The summed E-state index contributed by atoms with van der Waals surface area (Å²) in [6, 6.07) is 4.75. The number of hydrogen-bond acceptors (Lipinski definition) is 2. The molecule has 6 heteroatoms. The molecule has 0 amide bonds. The van der Waals surface area contributed by atoms with Crippen molar-refractivity contribution in [2.45, 2.75) is 6.18 Å². The molecule has 1 aromatic heterocycles. The molecule has 0 spiro atoms. The molecule has 0 aliphatic rings. The van der Waals surface area contributed by atoms with Gasteiger partial charge in [-0.1, -0.05) is 18.2 Å². The van der Waals surface area contributed by atoms with E-state index in [-0.39, 0.29) is 16.7 Å². The second kappa shape index (κ2) is 4.21. The summed E-state index contributed by atoms with van der Waals surface area (Å²) in [6.45, 7) is 0. The maximum Gasteiger partial charge on any atom is 0.417 e. The van der Waals surface area contributed by atoms with Crippen molar-refractivity contribution in [2.24, 2.45) is 0 Å². The van der Waals surface area contributed by atoms with Gasteiger partial charge in [-0.15, -0.1) is 0 Å². The van der Waals surface area contributed by atoms with Gasteiger partial charge in [0, 0.05) is 5.56 Å². The molecule has 3 nitrogen and oxygen atoms in total. The summed E-state index contributed by atoms with van der Waals surface area (Å²) in [5, 5.41) is 8.87. The highest BCUT2D eigenvalue weighted by molar-refractivity contribution is 5.96. The highest BCUT2D eigenvalue weighted by atomic mass is 19.4. The first kappa shape index (κ1) is 12.2. The third kappa shape index (κ3) is 2.09. The molecule has 1 aromatic carbocycles. The molecule has 1 heterocycles. The molecule has 0 fully saturated rings. The van der Waals surface area contributed by atoms with Crippen LogP contribution in [0.4, 0.5) is 13.2 Å². The van der Waals surface area contributed by atoms with E-state index >= 15 is 0 Å². The minimum atomic E-state index is -4.55. The lowest BCUT2D eigenvalue weighted by atomic mass is 9.98. The molecule has 0 saturated heterocycles. The maximum atomic E-state index is 12.8. The molecule has 0 aliphatic heterocycles. The third-order valence-electron chi connectivity index (χ3n) is 2.42. The summed E-state index contributed by atoms with van der Waals surface area (Å²) in [7, 11) is 0. The number of alkyl halides is 3. The fourth-order valence-electron chi connectivity index (χ4n) is 1.64. The Morgan fingerprint density at radius 1 is 1.11 bits per heavy atom. The van der Waals surface area contributed by atoms with Gasteiger partial charge in [0.2, 0.25) is 0 Å². The Labute approximate surface area is 99.5 Å². The molecule has 18 heavy (non-hydrogen) atoms. The first-order valence-electron chi connectivity index (χ1n) is 4.87. The number of aromatic carboxylic acids is 1. The quantitative estimate of drug-likeness (QED) is 0.891. The maximum absolute atomic E-state index is 12.8. The Bertz CT molecular complexity index is 584. The highest BCUT2D eigenvalue weighted by Gasteiger charge is 2.34. The first-order chi connectivity index (χ1) is 8.41. The number of carbonyl (C=O) groups is 1. The lowest BCUT2D eigenvalue weighted by Gasteiger charge is -2.11. The number of rotatable bonds is 2. The number of furan rings is 1. The van der Waals surface area contributed by atoms with Crippen LogP contribution >= 0.6 is 0 Å². The molecular formula is C12H7F3O3. The molecule has 0 bridgehead atoms. The van der Waals surface area contributed by atoms with Crippen molar-refractivity contribution in [2.75, 3.05) is 0 Å². The zero-order valence-electron chi connectivity index (χ0n) is 8.86. The van der Waals surface area contributed by atoms with Crippen LogP contribution in [0.15, 0.2) is 41.2 Å². The van der Waals surface area contributed by atoms with Crippen molar-refractivity contribution in [1.29, 1.82) is 0 Å². The molecule has 0 aliphatic carbocycles. The summed E-state index contributed by atoms with van der Waals surface area (Å²) < 4.78 is 43.1. The average molecular weight is 256 g/mol. The fourth-order valence-corrected chi connectivity index (χ4v) is 1.64. The zero-order chi connectivity index (χ0) is 13.3. The van der Waals surface area contributed by atoms with Crippen LogP contribution < -0.4 is 0 Å². The van der Waals surface area contributed by atoms with E-state index in [0.29, 0.717) is 0 Å². The molecule has 2 aromatic rings. The van der Waals surface area contributed by atoms with E-state index in [0.717, 1.165) is 18.6 Å². The molecule has 94 valence electrons. The Hall–Kier alpha value is -2.24. The van der Waals surface area contributed by atoms with E-state index in [1.165, 1.54) is 18.2 Å². The smallest absolute Gasteiger partial charge is 0.417 e. The van der Waals surface area contributed by atoms with Crippen molar-refractivity contribution in [3.63, 3.8) is 0 Å². The van der Waals surface area contributed by atoms with Crippen LogP contribution in [0.25, 0.3) is 11.1 Å². The number of carboxylic acid groups (broad SMARTS) is 1. The third-order valence-corrected chi connectivity index (χ3v) is 2.42. The summed E-state index contributed by atoms with van der Waals surface area (Å²) in [5.74, 6) is -1.34. The van der Waals surface area contributed by atoms with E-state index in [1.54, 1.807) is 0 Å². The standard InChI is InChI=1S/C12H7F3O3/c13-12(14,15)10-4-2-1-3-7(10)8-5-18-6-9(8)11(16)17/h1-6H,(H,16,17). The zero-order valence-corrected chi connectivity index (χ0v) is 8.86. The largest absolute Gasteiger partial charge is 0.478 e. The Balaban J connectivity index is 2.65. The van der Waals surface area contributed by atoms with Crippen LogP contribution in [0.2, 0.25) is 0 Å². The van der Waals surface area contributed by atoms with E-state index in [4.69, 9.17) is 5.11 Å². The molecule has 2 rings (SSSR count). The second-order valence-corrected chi connectivity index (χ2v) is 3.55. The lowest BCUT2D eigenvalue weighted by molar-refractivity contribution is -0.137. The van der Waals surface area contributed by atoms with Gasteiger partial charge in [0.15, 0.2) is 0 Å². The molecular weight excluding hydrogens is 249 g/mol. The van der Waals surface area contributed by atoms with Crippen LogP contribution in [0.1, 0.15) is 15.9 Å². The number of halogens is 3. The van der Waals surface area contributed by atoms with Crippen molar-refractivity contribution in [1.82, 2.24) is 0 Å². The molecule has 0 atom stereocenters. The molecule has 1 N–H and O–H groups in total. The summed E-state index contributed by atoms with van der Waals surface area (Å²) in [4.78, 5) is 10.9. The van der Waals surface area contributed by atoms with Gasteiger partial charge in [0.1, 0.15) is 11.8 Å². The van der Waals surface area contributed by atoms with Crippen LogP contribution in [-0.4, -0.2) is 11.1 Å². The second-order valence-electron chi connectivity index (χ2n) is 3.55. The van der Waals surface area contributed by atoms with Gasteiger partial charge in [-0.25, -0.2) is 4.79 Å². The topological polar surface area (TPSA) is 50.4 Å². The fraction of sp³-hybridized carbons (Fsp3) is 0.0833. The van der Waals surface area contributed by atoms with Crippen molar-refractivity contribution in [3.05, 3.63) is 47.9 Å². The van der Waals surface area contributed by atoms with E-state index in [1.807, 2.05) is 0 Å². The Morgan fingerprint density at radius 2 is 1.78 bits per heavy atom. The van der Waals surface area contributed by atoms with Gasteiger partial charge in [-0.05, 0) is 11.6 Å². The van der Waals surface area contributed by atoms with Gasteiger partial charge < -0.3 is 9.52 Å². The van der Waals surface area contributed by atoms with Gasteiger partial charge in [-0.3, -0.25) is 0 Å². The Morgan fingerprint density at radius 3 is 2.39 bits per heavy atom. The van der Waals surface area contributed by atoms with Gasteiger partial charge in [0.25, 0.3) is 0 Å². The molecule has 0 unspecified atom stereocenters. The SMILES string of the molecule is O=C(O)c1cocc1-c1ccccc1C(F)(F)F. The molecule has 0 saturated carbocycles. The summed E-state index contributed by atoms with van der Waals surface area (Å²) in [5.41, 5.74) is -1.49. The normalized spacial score (nSPS) is 11.5. The number of carboxylic acids is 1. The van der Waals surface area contributed by atoms with E-state index in [9.17, 15) is 18.0 Å². The van der Waals surface area contributed by atoms with Crippen molar-refractivity contribution >= 4 is 5.97 Å². The van der Waals surface area contributed by atoms with Gasteiger partial charge in [-0.2, -0.15) is 13.2 Å². The van der Waals surface area contributed by atoms with E-state index < -0.39 is 17.7 Å². The number of hydrogen-bond donors (Lipinski definition) is 1. The van der Waals surface area contributed by atoms with Gasteiger partial charge in [0.05, 0.1) is 11.8 Å². The summed E-state index contributed by atoms with van der Waals surface area (Å²) >= 11 is 0. The average Bonchev–Trinajstić information content (AvgIpc) is 2.76. The van der Waals surface area contributed by atoms with Crippen LogP contribution in [0.3, 0.4) is 0 Å². The lowest BCUT2D eigenvalue weighted by Crippen LogP contribution is -2.07. The minimum Gasteiger partial charge on any atom is -0.478 e. The predicted octanol–water partition coefficient (Wildman–Crippen LogP) is 3.66. The predicted molar refractivity (Wildman–Crippen MR) is 56.1 cm³/mol. The van der Waals surface area contributed by atoms with Gasteiger partial charge >= 0.3 is 12.1 Å². The van der Waals surface area contributed by atoms with Crippen molar-refractivity contribution < 1.29 is 27.5 Å². The highest BCUT2D eigenvalue weighted by Crippen LogP contribution is 2.38. The van der Waals surface area contributed by atoms with Crippen LogP contribution in [0.5, 0.6) is 0 Å². The number of benzene rings is 1. The van der Waals surface area contributed by atoms with Crippen LogP contribution in [0, 0.1) is 0 Å². The van der Waals surface area contributed by atoms with E-state index in [2.05, 4.69) is 4.42 Å². The van der Waals surface area contributed by atoms with Crippen LogP contribution in [-0.2, 0) is 6.18 Å². The first-order valence-corrected chi connectivity index (χ1v) is 4.87. The Kier molecular flexibility index (Phi) is 2.86. The summed E-state index contributed by atoms with van der Waals surface area (Å²) in [6.07, 6.45) is -2.65. The monoisotopic (exact) mass is 256 g/mol. The van der Waals surface area contributed by atoms with Crippen molar-refractivity contribution in [3.8, 4) is 11.1 Å². The minimum absolute atomic E-state index is 0.0876. The molecule has 0 radical (unpaired) electrons.